The molecule has 1 atom stereocenters. The SMILES string of the molecule is CN(CC1CC1)C(=O)[C@@H]1CCCCN1. The van der Waals surface area contributed by atoms with Crippen molar-refractivity contribution in [3.8, 4) is 0 Å². The van der Waals surface area contributed by atoms with Crippen molar-refractivity contribution >= 4 is 5.91 Å². The van der Waals surface area contributed by atoms with Crippen molar-refractivity contribution in [1.29, 1.82) is 0 Å². The molecule has 0 radical (unpaired) electrons. The van der Waals surface area contributed by atoms with Crippen molar-refractivity contribution in [3.63, 3.8) is 0 Å². The van der Waals surface area contributed by atoms with Gasteiger partial charge < -0.3 is 10.2 Å². The number of likely N-dealkylation sites (N-methyl/N-ethyl adjacent to an activating group) is 1. The van der Waals surface area contributed by atoms with E-state index in [1.54, 1.807) is 0 Å². The first kappa shape index (κ1) is 9.97. The smallest absolute Gasteiger partial charge is 0.239 e. The average Bonchev–Trinajstić information content (AvgIpc) is 3.02. The van der Waals surface area contributed by atoms with Crippen LogP contribution in [0.15, 0.2) is 0 Å². The normalized spacial score (nSPS) is 27.4. The van der Waals surface area contributed by atoms with Gasteiger partial charge in [0.05, 0.1) is 6.04 Å². The third kappa shape index (κ3) is 2.47. The monoisotopic (exact) mass is 196 g/mol. The molecule has 1 aliphatic heterocycles. The van der Waals surface area contributed by atoms with E-state index in [9.17, 15) is 4.79 Å². The summed E-state index contributed by atoms with van der Waals surface area (Å²) in [7, 11) is 1.94. The maximum Gasteiger partial charge on any atom is 0.239 e. The zero-order valence-corrected chi connectivity index (χ0v) is 8.96. The van der Waals surface area contributed by atoms with Crippen LogP contribution in [0.2, 0.25) is 0 Å². The lowest BCUT2D eigenvalue weighted by atomic mass is 10.0. The Morgan fingerprint density at radius 2 is 2.14 bits per heavy atom. The number of hydrogen-bond acceptors (Lipinski definition) is 2. The summed E-state index contributed by atoms with van der Waals surface area (Å²) in [6.07, 6.45) is 6.07. The summed E-state index contributed by atoms with van der Waals surface area (Å²) in [6.45, 7) is 1.98. The zero-order valence-electron chi connectivity index (χ0n) is 8.96. The van der Waals surface area contributed by atoms with Crippen LogP contribution in [0.1, 0.15) is 32.1 Å². The number of carbonyl (C=O) groups is 1. The zero-order chi connectivity index (χ0) is 9.97. The Kier molecular flexibility index (Phi) is 3.06. The van der Waals surface area contributed by atoms with E-state index >= 15 is 0 Å². The Labute approximate surface area is 85.8 Å². The fraction of sp³-hybridized carbons (Fsp3) is 0.909. The highest BCUT2D eigenvalue weighted by atomic mass is 16.2. The van der Waals surface area contributed by atoms with Gasteiger partial charge >= 0.3 is 0 Å². The molecule has 0 spiro atoms. The quantitative estimate of drug-likeness (QED) is 0.730. The third-order valence-corrected chi connectivity index (χ3v) is 3.21. The van der Waals surface area contributed by atoms with E-state index in [2.05, 4.69) is 5.32 Å². The highest BCUT2D eigenvalue weighted by Gasteiger charge is 2.28. The van der Waals surface area contributed by atoms with Crippen molar-refractivity contribution in [2.75, 3.05) is 20.1 Å². The lowest BCUT2D eigenvalue weighted by Crippen LogP contribution is -2.47. The summed E-state index contributed by atoms with van der Waals surface area (Å²) in [4.78, 5) is 13.8. The molecule has 3 heteroatoms. The second-order valence-corrected chi connectivity index (χ2v) is 4.66. The van der Waals surface area contributed by atoms with Gasteiger partial charge in [0.25, 0.3) is 0 Å². The van der Waals surface area contributed by atoms with E-state index in [1.807, 2.05) is 11.9 Å². The highest BCUT2D eigenvalue weighted by Crippen LogP contribution is 2.29. The molecule has 1 saturated heterocycles. The molecule has 2 rings (SSSR count). The lowest BCUT2D eigenvalue weighted by molar-refractivity contribution is -0.132. The van der Waals surface area contributed by atoms with Crippen LogP contribution in [-0.2, 0) is 4.79 Å². The van der Waals surface area contributed by atoms with Gasteiger partial charge in [-0.3, -0.25) is 4.79 Å². The molecule has 0 aromatic rings. The molecule has 0 unspecified atom stereocenters. The van der Waals surface area contributed by atoms with Gasteiger partial charge in [-0.25, -0.2) is 0 Å². The number of rotatable bonds is 3. The Bertz CT molecular complexity index is 207. The van der Waals surface area contributed by atoms with Crippen LogP contribution in [-0.4, -0.2) is 37.0 Å². The van der Waals surface area contributed by atoms with Crippen LogP contribution in [0.4, 0.5) is 0 Å². The Morgan fingerprint density at radius 1 is 1.36 bits per heavy atom. The number of hydrogen-bond donors (Lipinski definition) is 1. The van der Waals surface area contributed by atoms with Gasteiger partial charge in [-0.2, -0.15) is 0 Å². The van der Waals surface area contributed by atoms with Crippen molar-refractivity contribution in [2.45, 2.75) is 38.1 Å². The molecule has 2 aliphatic rings. The highest BCUT2D eigenvalue weighted by molar-refractivity contribution is 5.81. The Hall–Kier alpha value is -0.570. The molecule has 0 bridgehead atoms. The van der Waals surface area contributed by atoms with Gasteiger partial charge in [-0.15, -0.1) is 0 Å². The fourth-order valence-corrected chi connectivity index (χ4v) is 2.11. The molecule has 1 aliphatic carbocycles. The molecule has 1 N–H and O–H groups in total. The maximum absolute atomic E-state index is 11.9. The lowest BCUT2D eigenvalue weighted by Gasteiger charge is -2.27. The predicted molar refractivity (Wildman–Crippen MR) is 56.0 cm³/mol. The second-order valence-electron chi connectivity index (χ2n) is 4.66. The Morgan fingerprint density at radius 3 is 2.71 bits per heavy atom. The molecular weight excluding hydrogens is 176 g/mol. The van der Waals surface area contributed by atoms with E-state index in [0.29, 0.717) is 5.91 Å². The number of nitrogens with one attached hydrogen (secondary N) is 1. The first-order chi connectivity index (χ1) is 6.77. The number of piperidine rings is 1. The molecule has 1 saturated carbocycles. The van der Waals surface area contributed by atoms with E-state index in [-0.39, 0.29) is 6.04 Å². The first-order valence-corrected chi connectivity index (χ1v) is 5.76. The molecule has 3 nitrogen and oxygen atoms in total. The molecule has 0 aromatic heterocycles. The standard InChI is InChI=1S/C11H20N2O/c1-13(8-9-5-6-9)11(14)10-4-2-3-7-12-10/h9-10,12H,2-8H2,1H3/t10-/m0/s1. The molecule has 1 heterocycles. The van der Waals surface area contributed by atoms with Crippen LogP contribution >= 0.6 is 0 Å². The van der Waals surface area contributed by atoms with Crippen LogP contribution in [0.25, 0.3) is 0 Å². The first-order valence-electron chi connectivity index (χ1n) is 5.76. The summed E-state index contributed by atoms with van der Waals surface area (Å²) < 4.78 is 0. The second kappa shape index (κ2) is 4.30. The van der Waals surface area contributed by atoms with Crippen LogP contribution < -0.4 is 5.32 Å². The van der Waals surface area contributed by atoms with Crippen molar-refractivity contribution in [2.24, 2.45) is 5.92 Å². The van der Waals surface area contributed by atoms with Gasteiger partial charge in [-0.05, 0) is 38.1 Å². The topological polar surface area (TPSA) is 32.3 Å². The van der Waals surface area contributed by atoms with Crippen LogP contribution in [0.5, 0.6) is 0 Å². The van der Waals surface area contributed by atoms with Gasteiger partial charge in [0.15, 0.2) is 0 Å². The van der Waals surface area contributed by atoms with Gasteiger partial charge in [0, 0.05) is 13.6 Å². The van der Waals surface area contributed by atoms with E-state index < -0.39 is 0 Å². The average molecular weight is 196 g/mol. The van der Waals surface area contributed by atoms with Crippen molar-refractivity contribution < 1.29 is 4.79 Å². The largest absolute Gasteiger partial charge is 0.344 e. The minimum absolute atomic E-state index is 0.104. The maximum atomic E-state index is 11.9. The number of amides is 1. The molecule has 0 aromatic carbocycles. The van der Waals surface area contributed by atoms with Crippen molar-refractivity contribution in [1.82, 2.24) is 10.2 Å². The molecule has 1 amide bonds. The van der Waals surface area contributed by atoms with Gasteiger partial charge in [0.1, 0.15) is 0 Å². The summed E-state index contributed by atoms with van der Waals surface area (Å²) in [5, 5.41) is 3.30. The summed E-state index contributed by atoms with van der Waals surface area (Å²) >= 11 is 0. The summed E-state index contributed by atoms with van der Waals surface area (Å²) in [6, 6.07) is 0.104. The van der Waals surface area contributed by atoms with Crippen LogP contribution in [0, 0.1) is 5.92 Å². The van der Waals surface area contributed by atoms with E-state index in [0.717, 1.165) is 25.4 Å². The van der Waals surface area contributed by atoms with Crippen molar-refractivity contribution in [3.05, 3.63) is 0 Å². The molecule has 2 fully saturated rings. The van der Waals surface area contributed by atoms with E-state index in [1.165, 1.54) is 25.7 Å². The number of carbonyl (C=O) groups excluding carboxylic acids is 1. The molecular formula is C11H20N2O. The third-order valence-electron chi connectivity index (χ3n) is 3.21. The fourth-order valence-electron chi connectivity index (χ4n) is 2.11. The van der Waals surface area contributed by atoms with E-state index in [4.69, 9.17) is 0 Å². The minimum Gasteiger partial charge on any atom is -0.344 e. The molecule has 80 valence electrons. The van der Waals surface area contributed by atoms with Gasteiger partial charge in [0.2, 0.25) is 5.91 Å². The Balaban J connectivity index is 1.79. The van der Waals surface area contributed by atoms with Gasteiger partial charge in [-0.1, -0.05) is 6.42 Å². The number of nitrogens with zero attached hydrogens (tertiary/aromatic N) is 1. The summed E-state index contributed by atoms with van der Waals surface area (Å²) in [5.74, 6) is 1.10. The summed E-state index contributed by atoms with van der Waals surface area (Å²) in [5.41, 5.74) is 0. The predicted octanol–water partition coefficient (Wildman–Crippen LogP) is 0.997. The minimum atomic E-state index is 0.104. The van der Waals surface area contributed by atoms with Crippen LogP contribution in [0.3, 0.4) is 0 Å². The molecule has 14 heavy (non-hydrogen) atoms.